The van der Waals surface area contributed by atoms with Crippen LogP contribution < -0.4 is 10.2 Å². The molecule has 1 fully saturated rings. The number of anilines is 1. The Labute approximate surface area is 144 Å². The van der Waals surface area contributed by atoms with Gasteiger partial charge in [0.2, 0.25) is 0 Å². The number of nitrogens with zero attached hydrogens (tertiary/aromatic N) is 2. The molecule has 0 atom stereocenters. The van der Waals surface area contributed by atoms with Crippen molar-refractivity contribution in [2.45, 2.75) is 25.8 Å². The predicted molar refractivity (Wildman–Crippen MR) is 95.6 cm³/mol. The Morgan fingerprint density at radius 2 is 2.12 bits per heavy atom. The molecule has 1 N–H and O–H groups in total. The molecule has 3 heterocycles. The quantitative estimate of drug-likeness (QED) is 0.784. The van der Waals surface area contributed by atoms with Crippen LogP contribution >= 0.6 is 11.3 Å². The van der Waals surface area contributed by atoms with Gasteiger partial charge in [-0.25, -0.2) is 4.98 Å². The Kier molecular flexibility index (Phi) is 4.21. The third-order valence-electron chi connectivity index (χ3n) is 4.27. The highest BCUT2D eigenvalue weighted by molar-refractivity contribution is 7.22. The molecule has 0 bridgehead atoms. The first-order chi connectivity index (χ1) is 11.8. The number of thiazole rings is 1. The first-order valence-corrected chi connectivity index (χ1v) is 9.07. The number of hydrogen-bond donors (Lipinski definition) is 1. The first-order valence-electron chi connectivity index (χ1n) is 8.26. The van der Waals surface area contributed by atoms with Crippen molar-refractivity contribution < 1.29 is 9.21 Å². The monoisotopic (exact) mass is 341 g/mol. The van der Waals surface area contributed by atoms with Crippen LogP contribution in [-0.2, 0) is 6.54 Å². The molecule has 3 aromatic rings. The van der Waals surface area contributed by atoms with Crippen molar-refractivity contribution in [3.63, 3.8) is 0 Å². The molecule has 4 rings (SSSR count). The van der Waals surface area contributed by atoms with E-state index in [2.05, 4.69) is 10.2 Å². The van der Waals surface area contributed by atoms with Crippen molar-refractivity contribution >= 4 is 32.6 Å². The molecule has 1 aromatic carbocycles. The van der Waals surface area contributed by atoms with E-state index >= 15 is 0 Å². The average molecular weight is 341 g/mol. The highest BCUT2D eigenvalue weighted by atomic mass is 32.1. The maximum atomic E-state index is 12.3. The van der Waals surface area contributed by atoms with Crippen molar-refractivity contribution in [3.05, 3.63) is 47.9 Å². The molecule has 124 valence electrons. The molecule has 2 aromatic heterocycles. The van der Waals surface area contributed by atoms with Crippen LogP contribution in [0.5, 0.6) is 0 Å². The second kappa shape index (κ2) is 6.65. The minimum absolute atomic E-state index is 0.0961. The molecular weight excluding hydrogens is 322 g/mol. The molecule has 1 amide bonds. The van der Waals surface area contributed by atoms with Crippen molar-refractivity contribution in [2.24, 2.45) is 0 Å². The van der Waals surface area contributed by atoms with Gasteiger partial charge in [0.25, 0.3) is 5.91 Å². The fourth-order valence-electron chi connectivity index (χ4n) is 2.96. The van der Waals surface area contributed by atoms with Crippen LogP contribution in [0.4, 0.5) is 5.13 Å². The van der Waals surface area contributed by atoms with Gasteiger partial charge in [-0.05, 0) is 49.6 Å². The van der Waals surface area contributed by atoms with Gasteiger partial charge in [0.05, 0.1) is 23.0 Å². The molecule has 0 spiro atoms. The standard InChI is InChI=1S/C18H19N3O2S/c22-17(19-12-14-5-4-10-23-14)13-6-7-15-16(11-13)24-18(20-15)21-8-2-1-3-9-21/h4-7,10-11H,1-3,8-9,12H2,(H,19,22). The summed E-state index contributed by atoms with van der Waals surface area (Å²) >= 11 is 1.67. The molecule has 0 unspecified atom stereocenters. The summed E-state index contributed by atoms with van der Waals surface area (Å²) in [4.78, 5) is 19.4. The SMILES string of the molecule is O=C(NCc1ccco1)c1ccc2nc(N3CCCCC3)sc2c1. The van der Waals surface area contributed by atoms with Gasteiger partial charge in [-0.2, -0.15) is 0 Å². The van der Waals surface area contributed by atoms with Gasteiger partial charge < -0.3 is 14.6 Å². The van der Waals surface area contributed by atoms with E-state index in [4.69, 9.17) is 9.40 Å². The number of aromatic nitrogens is 1. The lowest BCUT2D eigenvalue weighted by Gasteiger charge is -2.25. The number of piperidine rings is 1. The fraction of sp³-hybridized carbons (Fsp3) is 0.333. The molecule has 0 aliphatic carbocycles. The van der Waals surface area contributed by atoms with Crippen LogP contribution in [0.1, 0.15) is 35.4 Å². The molecular formula is C18H19N3O2S. The molecule has 6 heteroatoms. The summed E-state index contributed by atoms with van der Waals surface area (Å²) in [6.07, 6.45) is 5.38. The largest absolute Gasteiger partial charge is 0.467 e. The van der Waals surface area contributed by atoms with Crippen LogP contribution in [-0.4, -0.2) is 24.0 Å². The average Bonchev–Trinajstić information content (AvgIpc) is 3.29. The van der Waals surface area contributed by atoms with E-state index in [9.17, 15) is 4.79 Å². The lowest BCUT2D eigenvalue weighted by atomic mass is 10.1. The topological polar surface area (TPSA) is 58.4 Å². The molecule has 1 aliphatic rings. The van der Waals surface area contributed by atoms with E-state index in [0.29, 0.717) is 12.1 Å². The summed E-state index contributed by atoms with van der Waals surface area (Å²) in [5.41, 5.74) is 1.62. The normalized spacial score (nSPS) is 14.9. The van der Waals surface area contributed by atoms with Gasteiger partial charge in [-0.1, -0.05) is 11.3 Å². The summed E-state index contributed by atoms with van der Waals surface area (Å²) in [6.45, 7) is 2.55. The number of carbonyl (C=O) groups excluding carboxylic acids is 1. The van der Waals surface area contributed by atoms with E-state index in [1.54, 1.807) is 17.6 Å². The summed E-state index contributed by atoms with van der Waals surface area (Å²) in [7, 11) is 0. The molecule has 1 saturated heterocycles. The number of amides is 1. The van der Waals surface area contributed by atoms with Crippen LogP contribution in [0, 0.1) is 0 Å². The maximum absolute atomic E-state index is 12.3. The van der Waals surface area contributed by atoms with Crippen molar-refractivity contribution in [1.82, 2.24) is 10.3 Å². The Morgan fingerprint density at radius 1 is 1.25 bits per heavy atom. The Bertz CT molecular complexity index is 835. The van der Waals surface area contributed by atoms with Crippen molar-refractivity contribution in [3.8, 4) is 0 Å². The van der Waals surface area contributed by atoms with Crippen LogP contribution in [0.15, 0.2) is 41.0 Å². The van der Waals surface area contributed by atoms with Gasteiger partial charge in [-0.3, -0.25) is 4.79 Å². The van der Waals surface area contributed by atoms with E-state index in [1.807, 2.05) is 30.3 Å². The second-order valence-corrected chi connectivity index (χ2v) is 7.00. The van der Waals surface area contributed by atoms with E-state index in [-0.39, 0.29) is 5.91 Å². The highest BCUT2D eigenvalue weighted by Gasteiger charge is 2.16. The summed E-state index contributed by atoms with van der Waals surface area (Å²) in [5.74, 6) is 0.649. The Hall–Kier alpha value is -2.34. The van der Waals surface area contributed by atoms with Crippen LogP contribution in [0.25, 0.3) is 10.2 Å². The minimum Gasteiger partial charge on any atom is -0.467 e. The van der Waals surface area contributed by atoms with Crippen molar-refractivity contribution in [1.29, 1.82) is 0 Å². The lowest BCUT2D eigenvalue weighted by Crippen LogP contribution is -2.29. The smallest absolute Gasteiger partial charge is 0.251 e. The number of carbonyl (C=O) groups is 1. The van der Waals surface area contributed by atoms with Gasteiger partial charge >= 0.3 is 0 Å². The molecule has 0 radical (unpaired) electrons. The summed E-state index contributed by atoms with van der Waals surface area (Å²) in [5, 5.41) is 3.94. The minimum atomic E-state index is -0.0961. The third-order valence-corrected chi connectivity index (χ3v) is 5.35. The van der Waals surface area contributed by atoms with Crippen LogP contribution in [0.3, 0.4) is 0 Å². The van der Waals surface area contributed by atoms with E-state index < -0.39 is 0 Å². The first kappa shape index (κ1) is 15.2. The number of benzene rings is 1. The van der Waals surface area contributed by atoms with Gasteiger partial charge in [0.1, 0.15) is 5.76 Å². The zero-order chi connectivity index (χ0) is 16.4. The molecule has 0 saturated carbocycles. The summed E-state index contributed by atoms with van der Waals surface area (Å²) < 4.78 is 6.29. The number of furan rings is 1. The highest BCUT2D eigenvalue weighted by Crippen LogP contribution is 2.31. The van der Waals surface area contributed by atoms with Crippen LogP contribution in [0.2, 0.25) is 0 Å². The Balaban J connectivity index is 1.50. The van der Waals surface area contributed by atoms with Crippen molar-refractivity contribution in [2.75, 3.05) is 18.0 Å². The number of nitrogens with one attached hydrogen (secondary N) is 1. The maximum Gasteiger partial charge on any atom is 0.251 e. The van der Waals surface area contributed by atoms with E-state index in [0.717, 1.165) is 34.2 Å². The van der Waals surface area contributed by atoms with Gasteiger partial charge in [-0.15, -0.1) is 0 Å². The molecule has 24 heavy (non-hydrogen) atoms. The summed E-state index contributed by atoms with van der Waals surface area (Å²) in [6, 6.07) is 9.35. The zero-order valence-corrected chi connectivity index (χ0v) is 14.1. The van der Waals surface area contributed by atoms with E-state index in [1.165, 1.54) is 19.3 Å². The number of rotatable bonds is 4. The molecule has 5 nitrogen and oxygen atoms in total. The van der Waals surface area contributed by atoms with Gasteiger partial charge in [0.15, 0.2) is 5.13 Å². The zero-order valence-electron chi connectivity index (χ0n) is 13.3. The van der Waals surface area contributed by atoms with Gasteiger partial charge in [0, 0.05) is 18.7 Å². The third kappa shape index (κ3) is 3.14. The number of fused-ring (bicyclic) bond motifs is 1. The second-order valence-electron chi connectivity index (χ2n) is 5.99. The lowest BCUT2D eigenvalue weighted by molar-refractivity contribution is 0.0948. The fourth-order valence-corrected chi connectivity index (χ4v) is 4.01. The number of hydrogen-bond acceptors (Lipinski definition) is 5. The predicted octanol–water partition coefficient (Wildman–Crippen LogP) is 3.81. The molecule has 1 aliphatic heterocycles. The Morgan fingerprint density at radius 3 is 2.92 bits per heavy atom.